The third kappa shape index (κ3) is 1.97. The summed E-state index contributed by atoms with van der Waals surface area (Å²) in [5.74, 6) is 0.920. The van der Waals surface area contributed by atoms with Crippen molar-refractivity contribution in [3.05, 3.63) is 90.5 Å². The molecule has 30 heavy (non-hydrogen) atoms. The molecule has 4 aromatic carbocycles. The molecule has 0 atom stereocenters. The predicted molar refractivity (Wildman–Crippen MR) is 122 cm³/mol. The molecule has 4 nitrogen and oxygen atoms in total. The molecule has 0 aliphatic carbocycles. The fourth-order valence-corrected chi connectivity index (χ4v) is 4.62. The van der Waals surface area contributed by atoms with Crippen LogP contribution in [0.1, 0.15) is 5.56 Å². The van der Waals surface area contributed by atoms with Crippen LogP contribution >= 0.6 is 0 Å². The van der Waals surface area contributed by atoms with Gasteiger partial charge in [0.15, 0.2) is 0 Å². The average Bonchev–Trinajstić information content (AvgIpc) is 3.41. The quantitative estimate of drug-likeness (QED) is 0.316. The fraction of sp³-hybridized carbons (Fsp3) is 0.0385. The van der Waals surface area contributed by atoms with Gasteiger partial charge in [0.2, 0.25) is 5.78 Å². The number of imidazole rings is 2. The number of hydrogen-bond acceptors (Lipinski definition) is 2. The zero-order chi connectivity index (χ0) is 19.8. The molecular formula is C26H17N3O. The molecule has 7 rings (SSSR count). The predicted octanol–water partition coefficient (Wildman–Crippen LogP) is 6.64. The lowest BCUT2D eigenvalue weighted by atomic mass is 10.1. The maximum absolute atomic E-state index is 6.03. The Bertz CT molecular complexity index is 1760. The molecular weight excluding hydrogens is 370 g/mol. The number of aryl methyl sites for hydroxylation is 1. The minimum Gasteiger partial charge on any atom is -0.456 e. The summed E-state index contributed by atoms with van der Waals surface area (Å²) in [4.78, 5) is 4.99. The normalized spacial score (nSPS) is 12.2. The summed E-state index contributed by atoms with van der Waals surface area (Å²) in [6.45, 7) is 2.13. The lowest BCUT2D eigenvalue weighted by Gasteiger charge is -2.05. The summed E-state index contributed by atoms with van der Waals surface area (Å²) in [5, 5.41) is 2.25. The summed E-state index contributed by atoms with van der Waals surface area (Å²) in [6.07, 6.45) is 0. The third-order valence-corrected chi connectivity index (χ3v) is 5.97. The number of furan rings is 1. The van der Waals surface area contributed by atoms with Crippen molar-refractivity contribution in [2.24, 2.45) is 0 Å². The van der Waals surface area contributed by atoms with E-state index in [0.717, 1.165) is 55.5 Å². The van der Waals surface area contributed by atoms with Gasteiger partial charge in [-0.1, -0.05) is 36.4 Å². The number of para-hydroxylation sites is 3. The van der Waals surface area contributed by atoms with Gasteiger partial charge in [-0.2, -0.15) is 0 Å². The van der Waals surface area contributed by atoms with E-state index >= 15 is 0 Å². The number of hydrogen-bond donors (Lipinski definition) is 0. The summed E-state index contributed by atoms with van der Waals surface area (Å²) in [7, 11) is 0. The van der Waals surface area contributed by atoms with Crippen LogP contribution < -0.4 is 0 Å². The first-order valence-electron chi connectivity index (χ1n) is 10.1. The van der Waals surface area contributed by atoms with E-state index in [4.69, 9.17) is 9.40 Å². The first-order chi connectivity index (χ1) is 14.8. The van der Waals surface area contributed by atoms with Gasteiger partial charge in [0, 0.05) is 10.8 Å². The van der Waals surface area contributed by atoms with E-state index in [2.05, 4.69) is 82.6 Å². The average molecular weight is 387 g/mol. The highest BCUT2D eigenvalue weighted by atomic mass is 16.3. The van der Waals surface area contributed by atoms with Crippen LogP contribution in [0.2, 0.25) is 0 Å². The van der Waals surface area contributed by atoms with Crippen LogP contribution in [0.3, 0.4) is 0 Å². The zero-order valence-corrected chi connectivity index (χ0v) is 16.3. The Labute approximate surface area is 171 Å². The van der Waals surface area contributed by atoms with E-state index in [9.17, 15) is 0 Å². The van der Waals surface area contributed by atoms with Gasteiger partial charge in [0.05, 0.1) is 27.8 Å². The van der Waals surface area contributed by atoms with Gasteiger partial charge < -0.3 is 4.42 Å². The Morgan fingerprint density at radius 3 is 2.50 bits per heavy atom. The van der Waals surface area contributed by atoms with Crippen molar-refractivity contribution in [2.45, 2.75) is 6.92 Å². The third-order valence-electron chi connectivity index (χ3n) is 5.97. The lowest BCUT2D eigenvalue weighted by Crippen LogP contribution is -1.94. The van der Waals surface area contributed by atoms with Crippen LogP contribution in [-0.2, 0) is 0 Å². The number of nitrogens with zero attached hydrogens (tertiary/aromatic N) is 3. The smallest absolute Gasteiger partial charge is 0.220 e. The second-order valence-corrected chi connectivity index (χ2v) is 7.84. The highest BCUT2D eigenvalue weighted by Gasteiger charge is 2.18. The van der Waals surface area contributed by atoms with Crippen molar-refractivity contribution < 1.29 is 4.42 Å². The van der Waals surface area contributed by atoms with Gasteiger partial charge in [-0.3, -0.25) is 8.97 Å². The second-order valence-electron chi connectivity index (χ2n) is 7.84. The standard InChI is InChI=1S/C26H17N3O/c1-16-10-12-22-23(14-16)29-21-8-4-3-7-20(21)27-26(29)28(22)17-11-13-25-19(15-17)18-6-2-5-9-24(18)30-25/h2-15H,1H3. The molecule has 0 N–H and O–H groups in total. The van der Waals surface area contributed by atoms with Crippen molar-refractivity contribution in [1.82, 2.24) is 14.0 Å². The molecule has 0 unspecified atom stereocenters. The molecule has 142 valence electrons. The minimum absolute atomic E-state index is 0.900. The Hall–Kier alpha value is -4.05. The molecule has 3 aromatic heterocycles. The monoisotopic (exact) mass is 387 g/mol. The van der Waals surface area contributed by atoms with Crippen LogP contribution in [0, 0.1) is 6.92 Å². The first-order valence-corrected chi connectivity index (χ1v) is 10.1. The van der Waals surface area contributed by atoms with Gasteiger partial charge >= 0.3 is 0 Å². The fourth-order valence-electron chi connectivity index (χ4n) is 4.62. The van der Waals surface area contributed by atoms with Crippen molar-refractivity contribution in [2.75, 3.05) is 0 Å². The largest absolute Gasteiger partial charge is 0.456 e. The lowest BCUT2D eigenvalue weighted by molar-refractivity contribution is 0.669. The van der Waals surface area contributed by atoms with E-state index in [1.165, 1.54) is 5.56 Å². The van der Waals surface area contributed by atoms with Crippen LogP contribution in [0.5, 0.6) is 0 Å². The summed E-state index contributed by atoms with van der Waals surface area (Å²) in [6, 6.07) is 29.5. The van der Waals surface area contributed by atoms with E-state index in [-0.39, 0.29) is 0 Å². The Morgan fingerprint density at radius 1 is 0.700 bits per heavy atom. The van der Waals surface area contributed by atoms with Crippen molar-refractivity contribution in [1.29, 1.82) is 0 Å². The summed E-state index contributed by atoms with van der Waals surface area (Å²) >= 11 is 0. The van der Waals surface area contributed by atoms with Gasteiger partial charge in [0.25, 0.3) is 0 Å². The molecule has 0 amide bonds. The molecule has 0 spiro atoms. The van der Waals surface area contributed by atoms with E-state index in [1.54, 1.807) is 0 Å². The molecule has 0 fully saturated rings. The van der Waals surface area contributed by atoms with Crippen molar-refractivity contribution in [3.8, 4) is 5.69 Å². The topological polar surface area (TPSA) is 35.4 Å². The summed E-state index contributed by atoms with van der Waals surface area (Å²) < 4.78 is 10.5. The van der Waals surface area contributed by atoms with Crippen LogP contribution in [-0.4, -0.2) is 14.0 Å². The van der Waals surface area contributed by atoms with Crippen molar-refractivity contribution >= 4 is 49.8 Å². The van der Waals surface area contributed by atoms with E-state index in [1.807, 2.05) is 18.2 Å². The molecule has 0 radical (unpaired) electrons. The number of fused-ring (bicyclic) bond motifs is 8. The molecule has 3 heterocycles. The minimum atomic E-state index is 0.900. The molecule has 4 heteroatoms. The maximum Gasteiger partial charge on any atom is 0.220 e. The Kier molecular flexibility index (Phi) is 2.91. The van der Waals surface area contributed by atoms with E-state index < -0.39 is 0 Å². The molecule has 0 bridgehead atoms. The van der Waals surface area contributed by atoms with Crippen LogP contribution in [0.4, 0.5) is 0 Å². The molecule has 0 aliphatic rings. The van der Waals surface area contributed by atoms with Crippen molar-refractivity contribution in [3.63, 3.8) is 0 Å². The summed E-state index contributed by atoms with van der Waals surface area (Å²) in [5.41, 5.74) is 8.54. The number of aromatic nitrogens is 3. The van der Waals surface area contributed by atoms with Gasteiger partial charge in [-0.15, -0.1) is 0 Å². The molecule has 7 aromatic rings. The zero-order valence-electron chi connectivity index (χ0n) is 16.3. The van der Waals surface area contributed by atoms with E-state index in [0.29, 0.717) is 0 Å². The maximum atomic E-state index is 6.03. The van der Waals surface area contributed by atoms with Gasteiger partial charge in [-0.25, -0.2) is 4.98 Å². The highest BCUT2D eigenvalue weighted by molar-refractivity contribution is 6.06. The molecule has 0 aliphatic heterocycles. The first kappa shape index (κ1) is 15.8. The second kappa shape index (κ2) is 5.51. The molecule has 0 saturated heterocycles. The SMILES string of the molecule is Cc1ccc2c(c1)n1c3ccccc3nc1n2-c1ccc2oc3ccccc3c2c1. The van der Waals surface area contributed by atoms with Gasteiger partial charge in [0.1, 0.15) is 11.2 Å². The Balaban J connectivity index is 1.65. The highest BCUT2D eigenvalue weighted by Crippen LogP contribution is 2.34. The Morgan fingerprint density at radius 2 is 1.53 bits per heavy atom. The van der Waals surface area contributed by atoms with Crippen LogP contribution in [0.15, 0.2) is 89.3 Å². The molecule has 0 saturated carbocycles. The van der Waals surface area contributed by atoms with Gasteiger partial charge in [-0.05, 0) is 61.0 Å². The number of benzene rings is 4. The van der Waals surface area contributed by atoms with Crippen LogP contribution in [0.25, 0.3) is 55.5 Å². The number of rotatable bonds is 1.